The molecule has 0 amide bonds. The van der Waals surface area contributed by atoms with Gasteiger partial charge in [0.1, 0.15) is 5.75 Å². The van der Waals surface area contributed by atoms with Crippen molar-refractivity contribution >= 4 is 11.9 Å². The zero-order chi connectivity index (χ0) is 13.7. The summed E-state index contributed by atoms with van der Waals surface area (Å²) in [6, 6.07) is 15.2. The van der Waals surface area contributed by atoms with E-state index in [1.165, 1.54) is 0 Å². The summed E-state index contributed by atoms with van der Waals surface area (Å²) in [6.07, 6.45) is 3.39. The summed E-state index contributed by atoms with van der Waals surface area (Å²) in [5.41, 5.74) is 2.74. The molecule has 0 aromatic heterocycles. The molecule has 0 saturated heterocycles. The molecule has 0 unspecified atom stereocenters. The Balaban J connectivity index is 2.16. The Bertz CT molecular complexity index is 612. The Morgan fingerprint density at radius 3 is 2.63 bits per heavy atom. The number of allylic oxidation sites excluding steroid dienone is 1. The first-order chi connectivity index (χ1) is 9.19. The molecule has 0 atom stereocenters. The number of benzene rings is 2. The summed E-state index contributed by atoms with van der Waals surface area (Å²) < 4.78 is 5.14. The molecule has 0 bridgehead atoms. The van der Waals surface area contributed by atoms with Crippen LogP contribution >= 0.6 is 0 Å². The fraction of sp³-hybridized carbons (Fsp3) is 0.118. The fourth-order valence-corrected chi connectivity index (χ4v) is 1.81. The summed E-state index contributed by atoms with van der Waals surface area (Å²) in [7, 11) is 1.63. The lowest BCUT2D eigenvalue weighted by atomic mass is 10.1. The number of ketones is 1. The fourth-order valence-electron chi connectivity index (χ4n) is 1.81. The van der Waals surface area contributed by atoms with Gasteiger partial charge in [0.05, 0.1) is 7.11 Å². The standard InChI is InChI=1S/C17H16O2/c1-13-5-3-7-15(11-13)17(18)10-9-14-6-4-8-16(12-14)19-2/h3-12H,1-2H3. The number of hydrogen-bond acceptors (Lipinski definition) is 2. The van der Waals surface area contributed by atoms with Crippen LogP contribution in [0, 0.1) is 6.92 Å². The van der Waals surface area contributed by atoms with Crippen molar-refractivity contribution in [2.24, 2.45) is 0 Å². The molecule has 2 rings (SSSR count). The minimum absolute atomic E-state index is 0.00604. The highest BCUT2D eigenvalue weighted by Gasteiger charge is 2.01. The zero-order valence-electron chi connectivity index (χ0n) is 11.1. The number of ether oxygens (including phenoxy) is 1. The first-order valence-electron chi connectivity index (χ1n) is 6.12. The van der Waals surface area contributed by atoms with Crippen LogP contribution in [0.4, 0.5) is 0 Å². The SMILES string of the molecule is COc1cccc(C=CC(=O)c2cccc(C)c2)c1. The van der Waals surface area contributed by atoms with E-state index in [2.05, 4.69) is 0 Å². The van der Waals surface area contributed by atoms with E-state index in [0.717, 1.165) is 16.9 Å². The summed E-state index contributed by atoms with van der Waals surface area (Å²) in [6.45, 7) is 1.97. The van der Waals surface area contributed by atoms with Crippen molar-refractivity contribution in [2.75, 3.05) is 7.11 Å². The van der Waals surface area contributed by atoms with Crippen LogP contribution in [-0.2, 0) is 0 Å². The monoisotopic (exact) mass is 252 g/mol. The minimum atomic E-state index is 0.00604. The van der Waals surface area contributed by atoms with Crippen LogP contribution in [0.2, 0.25) is 0 Å². The second kappa shape index (κ2) is 6.01. The highest BCUT2D eigenvalue weighted by Crippen LogP contribution is 2.14. The normalized spacial score (nSPS) is 10.6. The third-order valence-electron chi connectivity index (χ3n) is 2.82. The van der Waals surface area contributed by atoms with Crippen molar-refractivity contribution in [3.05, 3.63) is 71.3 Å². The predicted molar refractivity (Wildman–Crippen MR) is 77.5 cm³/mol. The number of methoxy groups -OCH3 is 1. The summed E-state index contributed by atoms with van der Waals surface area (Å²) in [5, 5.41) is 0. The first kappa shape index (κ1) is 13.1. The molecule has 0 heterocycles. The summed E-state index contributed by atoms with van der Waals surface area (Å²) in [5.74, 6) is 0.789. The van der Waals surface area contributed by atoms with Gasteiger partial charge in [-0.25, -0.2) is 0 Å². The van der Waals surface area contributed by atoms with Gasteiger partial charge in [0, 0.05) is 5.56 Å². The molecule has 96 valence electrons. The van der Waals surface area contributed by atoms with E-state index in [1.807, 2.05) is 55.5 Å². The number of carbonyl (C=O) groups is 1. The van der Waals surface area contributed by atoms with Crippen molar-refractivity contribution in [1.29, 1.82) is 0 Å². The molecule has 0 N–H and O–H groups in total. The molecule has 0 radical (unpaired) electrons. The molecule has 0 spiro atoms. The zero-order valence-corrected chi connectivity index (χ0v) is 11.1. The lowest BCUT2D eigenvalue weighted by molar-refractivity contribution is 0.104. The highest BCUT2D eigenvalue weighted by atomic mass is 16.5. The number of rotatable bonds is 4. The molecule has 0 saturated carbocycles. The quantitative estimate of drug-likeness (QED) is 0.609. The molecule has 2 aromatic carbocycles. The molecule has 2 aromatic rings. The van der Waals surface area contributed by atoms with Gasteiger partial charge in [0.15, 0.2) is 5.78 Å². The smallest absolute Gasteiger partial charge is 0.185 e. The van der Waals surface area contributed by atoms with Gasteiger partial charge in [0.25, 0.3) is 0 Å². The lowest BCUT2D eigenvalue weighted by Gasteiger charge is -2.00. The number of hydrogen-bond donors (Lipinski definition) is 0. The topological polar surface area (TPSA) is 26.3 Å². The van der Waals surface area contributed by atoms with Crippen LogP contribution < -0.4 is 4.74 Å². The summed E-state index contributed by atoms with van der Waals surface area (Å²) >= 11 is 0. The Hall–Kier alpha value is -2.35. The molecule has 2 heteroatoms. The third kappa shape index (κ3) is 3.55. The predicted octanol–water partition coefficient (Wildman–Crippen LogP) is 3.90. The molecule has 2 nitrogen and oxygen atoms in total. The molecular weight excluding hydrogens is 236 g/mol. The van der Waals surface area contributed by atoms with Crippen molar-refractivity contribution in [2.45, 2.75) is 6.92 Å². The van der Waals surface area contributed by atoms with Gasteiger partial charge in [-0.15, -0.1) is 0 Å². The Morgan fingerprint density at radius 1 is 1.11 bits per heavy atom. The number of aryl methyl sites for hydroxylation is 1. The van der Waals surface area contributed by atoms with Crippen LogP contribution in [0.5, 0.6) is 5.75 Å². The van der Waals surface area contributed by atoms with E-state index in [-0.39, 0.29) is 5.78 Å². The largest absolute Gasteiger partial charge is 0.497 e. The van der Waals surface area contributed by atoms with Crippen molar-refractivity contribution in [1.82, 2.24) is 0 Å². The Morgan fingerprint density at radius 2 is 1.89 bits per heavy atom. The van der Waals surface area contributed by atoms with E-state index in [9.17, 15) is 4.79 Å². The van der Waals surface area contributed by atoms with E-state index in [1.54, 1.807) is 19.3 Å². The maximum atomic E-state index is 12.0. The van der Waals surface area contributed by atoms with E-state index < -0.39 is 0 Å². The molecule has 19 heavy (non-hydrogen) atoms. The highest BCUT2D eigenvalue weighted by molar-refractivity contribution is 6.06. The van der Waals surface area contributed by atoms with Crippen molar-refractivity contribution in [3.63, 3.8) is 0 Å². The van der Waals surface area contributed by atoms with Gasteiger partial charge in [-0.3, -0.25) is 4.79 Å². The number of carbonyl (C=O) groups excluding carboxylic acids is 1. The van der Waals surface area contributed by atoms with Crippen LogP contribution in [0.3, 0.4) is 0 Å². The molecule has 0 aliphatic rings. The third-order valence-corrected chi connectivity index (χ3v) is 2.82. The van der Waals surface area contributed by atoms with Gasteiger partial charge in [-0.2, -0.15) is 0 Å². The molecule has 0 fully saturated rings. The molecule has 0 aliphatic heterocycles. The van der Waals surface area contributed by atoms with Gasteiger partial charge >= 0.3 is 0 Å². The maximum absolute atomic E-state index is 12.0. The average Bonchev–Trinajstić information content (AvgIpc) is 2.45. The second-order valence-corrected chi connectivity index (χ2v) is 4.34. The van der Waals surface area contributed by atoms with E-state index >= 15 is 0 Å². The molecular formula is C17H16O2. The summed E-state index contributed by atoms with van der Waals surface area (Å²) in [4.78, 5) is 12.0. The van der Waals surface area contributed by atoms with Crippen molar-refractivity contribution in [3.8, 4) is 5.75 Å². The lowest BCUT2D eigenvalue weighted by Crippen LogP contribution is -1.94. The van der Waals surface area contributed by atoms with E-state index in [0.29, 0.717) is 5.56 Å². The second-order valence-electron chi connectivity index (χ2n) is 4.34. The first-order valence-corrected chi connectivity index (χ1v) is 6.12. The van der Waals surface area contributed by atoms with Gasteiger partial charge in [-0.05, 0) is 36.8 Å². The van der Waals surface area contributed by atoms with Crippen molar-refractivity contribution < 1.29 is 9.53 Å². The Labute approximate surface area is 113 Å². The molecule has 0 aliphatic carbocycles. The van der Waals surface area contributed by atoms with E-state index in [4.69, 9.17) is 4.74 Å². The van der Waals surface area contributed by atoms with Gasteiger partial charge < -0.3 is 4.74 Å². The average molecular weight is 252 g/mol. The Kier molecular flexibility index (Phi) is 4.14. The van der Waals surface area contributed by atoms with Gasteiger partial charge in [-0.1, -0.05) is 42.0 Å². The van der Waals surface area contributed by atoms with Crippen LogP contribution in [-0.4, -0.2) is 12.9 Å². The minimum Gasteiger partial charge on any atom is -0.497 e. The van der Waals surface area contributed by atoms with Crippen LogP contribution in [0.25, 0.3) is 6.08 Å². The van der Waals surface area contributed by atoms with Gasteiger partial charge in [0.2, 0.25) is 0 Å². The van der Waals surface area contributed by atoms with Crippen LogP contribution in [0.15, 0.2) is 54.6 Å². The maximum Gasteiger partial charge on any atom is 0.185 e. The van der Waals surface area contributed by atoms with Crippen LogP contribution in [0.1, 0.15) is 21.5 Å².